The Labute approximate surface area is 102 Å². The van der Waals surface area contributed by atoms with E-state index in [1.165, 1.54) is 17.7 Å². The molecular weight excluding hydrogens is 216 g/mol. The molecule has 0 amide bonds. The standard InChI is InChI=1S/C13H18N2S/c14-13-9-2-1-5-11(15-13)6-3-7-12-8-4-10-16-12/h3-4,7-8,10-11,13,15H,1-2,5-6,9H2. The zero-order chi connectivity index (χ0) is 11.2. The van der Waals surface area contributed by atoms with Crippen molar-refractivity contribution in [2.24, 2.45) is 0 Å². The number of thiophene rings is 1. The van der Waals surface area contributed by atoms with E-state index in [9.17, 15) is 5.73 Å². The molecule has 0 bridgehead atoms. The summed E-state index contributed by atoms with van der Waals surface area (Å²) in [6, 6.07) is 4.63. The lowest BCUT2D eigenvalue weighted by molar-refractivity contribution is 0.431. The van der Waals surface area contributed by atoms with Gasteiger partial charge < -0.3 is 0 Å². The molecule has 0 aliphatic carbocycles. The topological polar surface area (TPSA) is 34.3 Å². The molecule has 1 aromatic heterocycles. The van der Waals surface area contributed by atoms with Gasteiger partial charge in [-0.15, -0.1) is 17.1 Å². The van der Waals surface area contributed by atoms with Crippen LogP contribution in [0.4, 0.5) is 0 Å². The molecule has 1 aromatic rings. The zero-order valence-corrected chi connectivity index (χ0v) is 10.2. The molecule has 2 nitrogen and oxygen atoms in total. The van der Waals surface area contributed by atoms with Crippen molar-refractivity contribution >= 4 is 17.4 Å². The maximum absolute atomic E-state index is 9.61. The van der Waals surface area contributed by atoms with E-state index in [1.54, 1.807) is 11.3 Å². The normalized spacial score (nSPS) is 27.1. The Morgan fingerprint density at radius 2 is 2.31 bits per heavy atom. The predicted octanol–water partition coefficient (Wildman–Crippen LogP) is 3.08. The average molecular weight is 234 g/mol. The van der Waals surface area contributed by atoms with E-state index in [2.05, 4.69) is 35.0 Å². The van der Waals surface area contributed by atoms with Crippen LogP contribution in [0, 0.1) is 0 Å². The molecule has 1 fully saturated rings. The summed E-state index contributed by atoms with van der Waals surface area (Å²) in [5.41, 5.74) is 9.61. The molecule has 0 saturated carbocycles. The summed E-state index contributed by atoms with van der Waals surface area (Å²) in [7, 11) is 0. The fourth-order valence-electron chi connectivity index (χ4n) is 2.09. The van der Waals surface area contributed by atoms with Crippen molar-refractivity contribution in [3.05, 3.63) is 28.5 Å². The van der Waals surface area contributed by atoms with Crippen LogP contribution in [0.3, 0.4) is 0 Å². The SMILES string of the molecule is [N]C1CCCCC(CC=Cc2cccs2)N1. The van der Waals surface area contributed by atoms with Crippen LogP contribution in [-0.2, 0) is 0 Å². The van der Waals surface area contributed by atoms with Gasteiger partial charge in [0.15, 0.2) is 0 Å². The summed E-state index contributed by atoms with van der Waals surface area (Å²) >= 11 is 1.76. The highest BCUT2D eigenvalue weighted by Gasteiger charge is 2.15. The van der Waals surface area contributed by atoms with Crippen molar-refractivity contribution in [3.63, 3.8) is 0 Å². The summed E-state index contributed by atoms with van der Waals surface area (Å²) < 4.78 is 0. The Morgan fingerprint density at radius 3 is 3.12 bits per heavy atom. The summed E-state index contributed by atoms with van der Waals surface area (Å²) in [5, 5.41) is 5.36. The van der Waals surface area contributed by atoms with Gasteiger partial charge in [0.2, 0.25) is 0 Å². The van der Waals surface area contributed by atoms with Crippen LogP contribution in [0.2, 0.25) is 0 Å². The lowest BCUT2D eigenvalue weighted by Gasteiger charge is -2.16. The fraction of sp³-hybridized carbons (Fsp3) is 0.538. The minimum absolute atomic E-state index is 0.303. The van der Waals surface area contributed by atoms with Gasteiger partial charge in [-0.3, -0.25) is 5.32 Å². The quantitative estimate of drug-likeness (QED) is 0.857. The minimum Gasteiger partial charge on any atom is -0.296 e. The van der Waals surface area contributed by atoms with Crippen LogP contribution in [0.25, 0.3) is 6.08 Å². The van der Waals surface area contributed by atoms with Gasteiger partial charge in [0.1, 0.15) is 0 Å². The molecule has 0 spiro atoms. The highest BCUT2D eigenvalue weighted by molar-refractivity contribution is 7.10. The third-order valence-corrected chi connectivity index (χ3v) is 3.79. The first-order valence-corrected chi connectivity index (χ1v) is 6.87. The second-order valence-electron chi connectivity index (χ2n) is 4.32. The first-order valence-electron chi connectivity index (χ1n) is 5.99. The van der Waals surface area contributed by atoms with E-state index >= 15 is 0 Å². The Morgan fingerprint density at radius 1 is 1.44 bits per heavy atom. The summed E-state index contributed by atoms with van der Waals surface area (Å²) in [6.07, 6.45) is 9.51. The van der Waals surface area contributed by atoms with Crippen LogP contribution >= 0.6 is 11.3 Å². The van der Waals surface area contributed by atoms with Gasteiger partial charge in [0.05, 0.1) is 6.17 Å². The maximum Gasteiger partial charge on any atom is 0.0928 e. The molecule has 0 aromatic carbocycles. The first kappa shape index (κ1) is 11.8. The van der Waals surface area contributed by atoms with Crippen LogP contribution in [0.1, 0.15) is 37.0 Å². The molecule has 16 heavy (non-hydrogen) atoms. The first-order chi connectivity index (χ1) is 7.84. The molecule has 2 atom stereocenters. The van der Waals surface area contributed by atoms with E-state index in [0.717, 1.165) is 19.3 Å². The Balaban J connectivity index is 1.80. The van der Waals surface area contributed by atoms with Crippen molar-refractivity contribution in [3.8, 4) is 0 Å². The number of hydrogen-bond donors (Lipinski definition) is 1. The lowest BCUT2D eigenvalue weighted by Crippen LogP contribution is -2.37. The third kappa shape index (κ3) is 3.74. The van der Waals surface area contributed by atoms with Crippen molar-refractivity contribution in [1.29, 1.82) is 0 Å². The highest BCUT2D eigenvalue weighted by Crippen LogP contribution is 2.16. The second kappa shape index (κ2) is 6.18. The van der Waals surface area contributed by atoms with Gasteiger partial charge >= 0.3 is 0 Å². The van der Waals surface area contributed by atoms with Gasteiger partial charge in [0, 0.05) is 10.9 Å². The maximum atomic E-state index is 9.61. The van der Waals surface area contributed by atoms with Crippen LogP contribution in [0.5, 0.6) is 0 Å². The molecule has 3 heteroatoms. The fourth-order valence-corrected chi connectivity index (χ4v) is 2.73. The number of nitrogens with zero attached hydrogens (tertiary/aromatic N) is 1. The second-order valence-corrected chi connectivity index (χ2v) is 5.30. The van der Waals surface area contributed by atoms with Crippen molar-refractivity contribution < 1.29 is 0 Å². The van der Waals surface area contributed by atoms with E-state index in [-0.39, 0.29) is 6.17 Å². The number of hydrogen-bond acceptors (Lipinski definition) is 2. The van der Waals surface area contributed by atoms with Crippen LogP contribution < -0.4 is 11.1 Å². The van der Waals surface area contributed by atoms with Gasteiger partial charge in [-0.25, -0.2) is 0 Å². The molecule has 2 rings (SSSR count). The van der Waals surface area contributed by atoms with E-state index in [0.29, 0.717) is 6.04 Å². The predicted molar refractivity (Wildman–Crippen MR) is 69.3 cm³/mol. The summed E-state index contributed by atoms with van der Waals surface area (Å²) in [6.45, 7) is 0. The monoisotopic (exact) mass is 234 g/mol. The van der Waals surface area contributed by atoms with Crippen molar-refractivity contribution in [1.82, 2.24) is 11.1 Å². The molecule has 86 valence electrons. The Kier molecular flexibility index (Phi) is 4.57. The van der Waals surface area contributed by atoms with Crippen LogP contribution in [-0.4, -0.2) is 12.2 Å². The van der Waals surface area contributed by atoms with Crippen LogP contribution in [0.15, 0.2) is 23.6 Å². The third-order valence-electron chi connectivity index (χ3n) is 2.95. The largest absolute Gasteiger partial charge is 0.296 e. The van der Waals surface area contributed by atoms with E-state index in [1.807, 2.05) is 0 Å². The Hall–Kier alpha value is -0.640. The lowest BCUT2D eigenvalue weighted by atomic mass is 10.1. The van der Waals surface area contributed by atoms with Gasteiger partial charge in [-0.2, -0.15) is 0 Å². The van der Waals surface area contributed by atoms with Gasteiger partial charge in [-0.05, 0) is 36.8 Å². The van der Waals surface area contributed by atoms with E-state index < -0.39 is 0 Å². The Bertz CT molecular complexity index is 319. The number of rotatable bonds is 3. The molecule has 1 saturated heterocycles. The smallest absolute Gasteiger partial charge is 0.0928 e. The van der Waals surface area contributed by atoms with Crippen molar-refractivity contribution in [2.45, 2.75) is 44.3 Å². The summed E-state index contributed by atoms with van der Waals surface area (Å²) in [5.74, 6) is 0. The highest BCUT2D eigenvalue weighted by atomic mass is 32.1. The molecule has 1 aliphatic heterocycles. The molecule has 1 N–H and O–H groups in total. The minimum atomic E-state index is -0.303. The molecular formula is C13H18N2S. The molecule has 2 radical (unpaired) electrons. The molecule has 2 unspecified atom stereocenters. The molecule has 1 aliphatic rings. The molecule has 2 heterocycles. The van der Waals surface area contributed by atoms with E-state index in [4.69, 9.17) is 0 Å². The number of nitrogens with one attached hydrogen (secondary N) is 1. The zero-order valence-electron chi connectivity index (χ0n) is 9.43. The summed E-state index contributed by atoms with van der Waals surface area (Å²) in [4.78, 5) is 1.30. The van der Waals surface area contributed by atoms with Gasteiger partial charge in [-0.1, -0.05) is 25.0 Å². The van der Waals surface area contributed by atoms with Gasteiger partial charge in [0.25, 0.3) is 0 Å². The van der Waals surface area contributed by atoms with Crippen molar-refractivity contribution in [2.75, 3.05) is 0 Å². The average Bonchev–Trinajstić information content (AvgIpc) is 2.69.